The van der Waals surface area contributed by atoms with Crippen LogP contribution in [-0.2, 0) is 0 Å². The van der Waals surface area contributed by atoms with Crippen molar-refractivity contribution >= 4 is 15.9 Å². The van der Waals surface area contributed by atoms with Gasteiger partial charge in [-0.2, -0.15) is 8.78 Å². The van der Waals surface area contributed by atoms with Crippen LogP contribution < -0.4 is 0 Å². The summed E-state index contributed by atoms with van der Waals surface area (Å²) in [5, 5.41) is 0.683. The summed E-state index contributed by atoms with van der Waals surface area (Å²) in [6.07, 6.45) is 1.54. The Hall–Kier alpha value is -0.620. The Morgan fingerprint density at radius 2 is 2.18 bits per heavy atom. The molecule has 0 spiro atoms. The molecule has 60 valence electrons. The zero-order valence-electron chi connectivity index (χ0n) is 6.00. The van der Waals surface area contributed by atoms with E-state index in [2.05, 4.69) is 27.8 Å². The van der Waals surface area contributed by atoms with Gasteiger partial charge in [0.25, 0.3) is 6.08 Å². The van der Waals surface area contributed by atoms with Gasteiger partial charge < -0.3 is 0 Å². The molecule has 0 aliphatic rings. The van der Waals surface area contributed by atoms with Crippen molar-refractivity contribution in [3.05, 3.63) is 23.8 Å². The smallest absolute Gasteiger partial charge is 0.172 e. The van der Waals surface area contributed by atoms with Gasteiger partial charge >= 0.3 is 0 Å². The average molecular weight is 221 g/mol. The number of alkyl halides is 1. The predicted molar refractivity (Wildman–Crippen MR) is 45.6 cm³/mol. The molecule has 3 heteroatoms. The van der Waals surface area contributed by atoms with Gasteiger partial charge in [-0.3, -0.25) is 0 Å². The fourth-order valence-corrected chi connectivity index (χ4v) is 0.488. The molecule has 11 heavy (non-hydrogen) atoms. The van der Waals surface area contributed by atoms with Crippen molar-refractivity contribution < 1.29 is 8.78 Å². The molecule has 0 bridgehead atoms. The van der Waals surface area contributed by atoms with Gasteiger partial charge in [-0.1, -0.05) is 33.8 Å². The van der Waals surface area contributed by atoms with Gasteiger partial charge in [0.1, 0.15) is 0 Å². The summed E-state index contributed by atoms with van der Waals surface area (Å²) in [6, 6.07) is 0. The Morgan fingerprint density at radius 1 is 1.55 bits per heavy atom. The highest BCUT2D eigenvalue weighted by Crippen LogP contribution is 2.04. The molecule has 0 nitrogen and oxygen atoms in total. The van der Waals surface area contributed by atoms with Gasteiger partial charge in [0, 0.05) is 5.33 Å². The molecule has 0 aliphatic carbocycles. The zero-order valence-corrected chi connectivity index (χ0v) is 7.58. The summed E-state index contributed by atoms with van der Waals surface area (Å²) in [5.41, 5.74) is -0.177. The predicted octanol–water partition coefficient (Wildman–Crippen LogP) is 3.11. The lowest BCUT2D eigenvalue weighted by Gasteiger charge is -1.80. The van der Waals surface area contributed by atoms with Crippen LogP contribution in [0.2, 0.25) is 0 Å². The highest BCUT2D eigenvalue weighted by Gasteiger charge is 1.91. The van der Waals surface area contributed by atoms with Crippen LogP contribution in [0.25, 0.3) is 0 Å². The van der Waals surface area contributed by atoms with Gasteiger partial charge in [0.05, 0.1) is 5.57 Å². The summed E-state index contributed by atoms with van der Waals surface area (Å²) in [4.78, 5) is 0. The highest BCUT2D eigenvalue weighted by atomic mass is 79.9. The van der Waals surface area contributed by atoms with Crippen LogP contribution in [-0.4, -0.2) is 5.33 Å². The first-order chi connectivity index (χ1) is 5.18. The molecular weight excluding hydrogens is 214 g/mol. The lowest BCUT2D eigenvalue weighted by molar-refractivity contribution is 0.415. The molecule has 0 aromatic carbocycles. The van der Waals surface area contributed by atoms with E-state index in [0.29, 0.717) is 5.33 Å². The minimum absolute atomic E-state index is 0.177. The van der Waals surface area contributed by atoms with E-state index in [0.717, 1.165) is 0 Å². The summed E-state index contributed by atoms with van der Waals surface area (Å²) < 4.78 is 23.4. The van der Waals surface area contributed by atoms with E-state index in [9.17, 15) is 8.78 Å². The standard InChI is InChI=1S/C8H7BrF2/c1-7(8(10)11)5-3-2-4-6-9/h2,4H,6H2,1H3. The lowest BCUT2D eigenvalue weighted by atomic mass is 10.3. The molecule has 0 fully saturated rings. The van der Waals surface area contributed by atoms with E-state index < -0.39 is 6.08 Å². The quantitative estimate of drug-likeness (QED) is 0.471. The van der Waals surface area contributed by atoms with Gasteiger partial charge in [-0.05, 0) is 13.0 Å². The number of hydrogen-bond acceptors (Lipinski definition) is 0. The fraction of sp³-hybridized carbons (Fsp3) is 0.250. The van der Waals surface area contributed by atoms with Crippen LogP contribution in [0.15, 0.2) is 23.8 Å². The lowest BCUT2D eigenvalue weighted by Crippen LogP contribution is -1.69. The molecule has 0 rings (SSSR count). The van der Waals surface area contributed by atoms with Crippen LogP contribution >= 0.6 is 15.9 Å². The van der Waals surface area contributed by atoms with E-state index in [1.165, 1.54) is 13.0 Å². The molecule has 0 aliphatic heterocycles. The largest absolute Gasteiger partial charge is 0.281 e. The summed E-state index contributed by atoms with van der Waals surface area (Å²) in [7, 11) is 0. The van der Waals surface area contributed by atoms with Gasteiger partial charge in [0.15, 0.2) is 0 Å². The molecule has 0 amide bonds. The van der Waals surface area contributed by atoms with E-state index in [4.69, 9.17) is 0 Å². The number of hydrogen-bond donors (Lipinski definition) is 0. The molecule has 0 unspecified atom stereocenters. The molecule has 0 saturated heterocycles. The van der Waals surface area contributed by atoms with Crippen molar-refractivity contribution in [2.75, 3.05) is 5.33 Å². The number of halogens is 3. The van der Waals surface area contributed by atoms with Crippen LogP contribution in [0.3, 0.4) is 0 Å². The van der Waals surface area contributed by atoms with Gasteiger partial charge in [-0.15, -0.1) is 0 Å². The molecule has 0 saturated carbocycles. The minimum atomic E-state index is -1.72. The molecule has 0 aromatic heterocycles. The molecule has 0 heterocycles. The van der Waals surface area contributed by atoms with E-state index in [1.54, 1.807) is 6.08 Å². The maximum atomic E-state index is 11.7. The second-order valence-electron chi connectivity index (χ2n) is 1.71. The van der Waals surface area contributed by atoms with Crippen LogP contribution in [0.1, 0.15) is 6.92 Å². The summed E-state index contributed by atoms with van der Waals surface area (Å²) >= 11 is 3.13. The second-order valence-corrected chi connectivity index (χ2v) is 2.36. The van der Waals surface area contributed by atoms with Crippen LogP contribution in [0.5, 0.6) is 0 Å². The Bertz CT molecular complexity index is 226. The van der Waals surface area contributed by atoms with Crippen molar-refractivity contribution in [1.29, 1.82) is 0 Å². The van der Waals surface area contributed by atoms with E-state index >= 15 is 0 Å². The van der Waals surface area contributed by atoms with Crippen molar-refractivity contribution in [2.24, 2.45) is 0 Å². The maximum absolute atomic E-state index is 11.7. The maximum Gasteiger partial charge on any atom is 0.281 e. The van der Waals surface area contributed by atoms with Crippen molar-refractivity contribution in [3.63, 3.8) is 0 Å². The Labute approximate surface area is 73.1 Å². The Balaban J connectivity index is 4.09. The third-order valence-electron chi connectivity index (χ3n) is 0.833. The number of rotatable bonds is 1. The SMILES string of the molecule is CC(C#CC=CCBr)=C(F)F. The summed E-state index contributed by atoms with van der Waals surface area (Å²) in [6.45, 7) is 1.28. The first kappa shape index (κ1) is 10.4. The first-order valence-electron chi connectivity index (χ1n) is 2.93. The van der Waals surface area contributed by atoms with Crippen molar-refractivity contribution in [1.82, 2.24) is 0 Å². The van der Waals surface area contributed by atoms with Gasteiger partial charge in [0.2, 0.25) is 0 Å². The van der Waals surface area contributed by atoms with Crippen molar-refractivity contribution in [3.8, 4) is 11.8 Å². The van der Waals surface area contributed by atoms with Crippen LogP contribution in [0, 0.1) is 11.8 Å². The average Bonchev–Trinajstić information content (AvgIpc) is 1.97. The van der Waals surface area contributed by atoms with Crippen LogP contribution in [0.4, 0.5) is 8.78 Å². The zero-order chi connectivity index (χ0) is 8.69. The Morgan fingerprint density at radius 3 is 2.64 bits per heavy atom. The van der Waals surface area contributed by atoms with Gasteiger partial charge in [-0.25, -0.2) is 0 Å². The summed E-state index contributed by atoms with van der Waals surface area (Å²) in [5.74, 6) is 4.76. The number of allylic oxidation sites excluding steroid dienone is 3. The topological polar surface area (TPSA) is 0 Å². The monoisotopic (exact) mass is 220 g/mol. The highest BCUT2D eigenvalue weighted by molar-refractivity contribution is 9.09. The normalized spacial score (nSPS) is 9.09. The molecule has 0 atom stereocenters. The molecule has 0 aromatic rings. The van der Waals surface area contributed by atoms with E-state index in [-0.39, 0.29) is 5.57 Å². The molecular formula is C8H7BrF2. The third kappa shape index (κ3) is 5.81. The second kappa shape index (κ2) is 6.11. The minimum Gasteiger partial charge on any atom is -0.172 e. The van der Waals surface area contributed by atoms with E-state index in [1.807, 2.05) is 0 Å². The third-order valence-corrected chi connectivity index (χ3v) is 1.21. The molecule has 0 radical (unpaired) electrons. The molecule has 0 N–H and O–H groups in total. The van der Waals surface area contributed by atoms with Crippen molar-refractivity contribution in [2.45, 2.75) is 6.92 Å². The first-order valence-corrected chi connectivity index (χ1v) is 4.05. The fourth-order valence-electron chi connectivity index (χ4n) is 0.301. The Kier molecular flexibility index (Phi) is 5.77.